The van der Waals surface area contributed by atoms with Crippen molar-refractivity contribution in [1.29, 1.82) is 0 Å². The molecule has 29 heavy (non-hydrogen) atoms. The lowest BCUT2D eigenvalue weighted by atomic mass is 10.2. The molecular weight excluding hydrogens is 398 g/mol. The number of sulfonamides is 1. The number of hydrogen-bond acceptors (Lipinski definition) is 6. The Morgan fingerprint density at radius 2 is 1.93 bits per heavy atom. The maximum absolute atomic E-state index is 12.9. The molecule has 0 bridgehead atoms. The minimum absolute atomic E-state index is 0.123. The number of aryl methyl sites for hydroxylation is 2. The molecule has 0 saturated carbocycles. The third-order valence-electron chi connectivity index (χ3n) is 4.55. The number of ether oxygens (including phenoxy) is 2. The summed E-state index contributed by atoms with van der Waals surface area (Å²) >= 11 is 0. The van der Waals surface area contributed by atoms with Gasteiger partial charge in [-0.15, -0.1) is 0 Å². The number of morpholine rings is 1. The number of nitrogens with zero attached hydrogens (tertiary/aromatic N) is 2. The van der Waals surface area contributed by atoms with Gasteiger partial charge in [-0.1, -0.05) is 6.07 Å². The van der Waals surface area contributed by atoms with Crippen molar-refractivity contribution in [3.05, 3.63) is 47.8 Å². The van der Waals surface area contributed by atoms with E-state index < -0.39 is 28.5 Å². The number of aromatic nitrogens is 1. The van der Waals surface area contributed by atoms with Crippen LogP contribution in [0.1, 0.15) is 16.1 Å². The lowest BCUT2D eigenvalue weighted by Crippen LogP contribution is -2.40. The predicted molar refractivity (Wildman–Crippen MR) is 105 cm³/mol. The number of carbonyl (C=O) groups excluding carboxylic acids is 2. The van der Waals surface area contributed by atoms with Crippen molar-refractivity contribution in [2.45, 2.75) is 11.8 Å². The van der Waals surface area contributed by atoms with Gasteiger partial charge in [0.2, 0.25) is 10.0 Å². The second-order valence-corrected chi connectivity index (χ2v) is 8.53. The van der Waals surface area contributed by atoms with Crippen LogP contribution >= 0.6 is 0 Å². The molecule has 1 amide bonds. The quantitative estimate of drug-likeness (QED) is 0.702. The fourth-order valence-electron chi connectivity index (χ4n) is 2.96. The van der Waals surface area contributed by atoms with Crippen LogP contribution in [0, 0.1) is 6.92 Å². The van der Waals surface area contributed by atoms with E-state index in [1.807, 2.05) is 0 Å². The van der Waals surface area contributed by atoms with Gasteiger partial charge in [0.15, 0.2) is 6.61 Å². The Bertz CT molecular complexity index is 1010. The smallest absolute Gasteiger partial charge is 0.355 e. The zero-order chi connectivity index (χ0) is 21.0. The molecule has 1 saturated heterocycles. The fourth-order valence-corrected chi connectivity index (χ4v) is 4.62. The number of carbonyl (C=O) groups is 2. The topological polar surface area (TPSA) is 107 Å². The van der Waals surface area contributed by atoms with Crippen molar-refractivity contribution >= 4 is 27.6 Å². The summed E-state index contributed by atoms with van der Waals surface area (Å²) in [5.41, 5.74) is 1.21. The number of nitrogens with one attached hydrogen (secondary N) is 1. The Morgan fingerprint density at radius 3 is 2.59 bits per heavy atom. The maximum Gasteiger partial charge on any atom is 0.355 e. The van der Waals surface area contributed by atoms with Crippen LogP contribution in [0.25, 0.3) is 0 Å². The van der Waals surface area contributed by atoms with Crippen LogP contribution in [0.3, 0.4) is 0 Å². The van der Waals surface area contributed by atoms with Crippen molar-refractivity contribution in [1.82, 2.24) is 8.87 Å². The first-order valence-corrected chi connectivity index (χ1v) is 10.5. The van der Waals surface area contributed by atoms with Crippen LogP contribution in [-0.4, -0.2) is 62.1 Å². The van der Waals surface area contributed by atoms with E-state index in [-0.39, 0.29) is 18.0 Å². The van der Waals surface area contributed by atoms with Crippen molar-refractivity contribution in [3.8, 4) is 0 Å². The summed E-state index contributed by atoms with van der Waals surface area (Å²) in [6.45, 7) is 2.48. The highest BCUT2D eigenvalue weighted by molar-refractivity contribution is 7.89. The van der Waals surface area contributed by atoms with Gasteiger partial charge in [0.25, 0.3) is 5.91 Å². The third kappa shape index (κ3) is 4.84. The van der Waals surface area contributed by atoms with E-state index in [0.717, 1.165) is 0 Å². The first-order valence-electron chi connectivity index (χ1n) is 9.06. The Kier molecular flexibility index (Phi) is 6.36. The summed E-state index contributed by atoms with van der Waals surface area (Å²) in [6.07, 6.45) is 1.69. The highest BCUT2D eigenvalue weighted by Crippen LogP contribution is 2.24. The number of esters is 1. The zero-order valence-electron chi connectivity index (χ0n) is 16.3. The standard InChI is InChI=1S/C19H23N3O6S/c1-14-5-6-15(12-17(14)29(25,26)22-8-10-27-11-9-22)20-18(23)13-28-19(24)16-4-3-7-21(16)2/h3-7,12H,8-11,13H2,1-2H3,(H,20,23). The molecule has 3 rings (SSSR count). The minimum atomic E-state index is -3.70. The van der Waals surface area contributed by atoms with Crippen LogP contribution < -0.4 is 5.32 Å². The van der Waals surface area contributed by atoms with Crippen molar-refractivity contribution in [2.24, 2.45) is 7.05 Å². The van der Waals surface area contributed by atoms with Crippen molar-refractivity contribution in [3.63, 3.8) is 0 Å². The van der Waals surface area contributed by atoms with Gasteiger partial charge in [-0.25, -0.2) is 13.2 Å². The van der Waals surface area contributed by atoms with Gasteiger partial charge in [0.05, 0.1) is 18.1 Å². The summed E-state index contributed by atoms with van der Waals surface area (Å²) in [4.78, 5) is 24.2. The minimum Gasteiger partial charge on any atom is -0.451 e. The van der Waals surface area contributed by atoms with E-state index in [2.05, 4.69) is 5.32 Å². The molecule has 2 heterocycles. The maximum atomic E-state index is 12.9. The molecule has 1 aliphatic heterocycles. The highest BCUT2D eigenvalue weighted by atomic mass is 32.2. The van der Waals surface area contributed by atoms with E-state index in [1.54, 1.807) is 49.0 Å². The summed E-state index contributed by atoms with van der Waals surface area (Å²) in [5.74, 6) is -1.18. The summed E-state index contributed by atoms with van der Waals surface area (Å²) in [7, 11) is -2.00. The number of benzene rings is 1. The number of anilines is 1. The lowest BCUT2D eigenvalue weighted by molar-refractivity contribution is -0.119. The Hall–Kier alpha value is -2.69. The summed E-state index contributed by atoms with van der Waals surface area (Å²) in [5, 5.41) is 2.57. The highest BCUT2D eigenvalue weighted by Gasteiger charge is 2.28. The van der Waals surface area contributed by atoms with E-state index in [0.29, 0.717) is 30.2 Å². The van der Waals surface area contributed by atoms with Crippen LogP contribution in [0.4, 0.5) is 5.69 Å². The van der Waals surface area contributed by atoms with Crippen LogP contribution in [0.2, 0.25) is 0 Å². The first kappa shape index (κ1) is 21.0. The van der Waals surface area contributed by atoms with E-state index in [9.17, 15) is 18.0 Å². The zero-order valence-corrected chi connectivity index (χ0v) is 17.1. The van der Waals surface area contributed by atoms with Gasteiger partial charge < -0.3 is 19.4 Å². The van der Waals surface area contributed by atoms with Crippen LogP contribution in [0.15, 0.2) is 41.4 Å². The van der Waals surface area contributed by atoms with Gasteiger partial charge in [-0.05, 0) is 36.8 Å². The molecule has 1 fully saturated rings. The molecule has 1 N–H and O–H groups in total. The largest absolute Gasteiger partial charge is 0.451 e. The van der Waals surface area contributed by atoms with Crippen LogP contribution in [0.5, 0.6) is 0 Å². The summed E-state index contributed by atoms with van der Waals surface area (Å²) < 4.78 is 39.0. The molecule has 1 aliphatic rings. The number of amides is 1. The molecule has 9 nitrogen and oxygen atoms in total. The van der Waals surface area contributed by atoms with Crippen LogP contribution in [-0.2, 0) is 31.3 Å². The molecule has 2 aromatic rings. The molecule has 0 radical (unpaired) electrons. The normalized spacial score (nSPS) is 15.1. The molecule has 0 spiro atoms. The lowest BCUT2D eigenvalue weighted by Gasteiger charge is -2.26. The van der Waals surface area contributed by atoms with Gasteiger partial charge in [0.1, 0.15) is 5.69 Å². The average Bonchev–Trinajstić information content (AvgIpc) is 3.14. The predicted octanol–water partition coefficient (Wildman–Crippen LogP) is 1.15. The van der Waals surface area contributed by atoms with Crippen molar-refractivity contribution in [2.75, 3.05) is 38.2 Å². The molecule has 156 valence electrons. The number of rotatable bonds is 6. The van der Waals surface area contributed by atoms with E-state index in [4.69, 9.17) is 9.47 Å². The molecule has 1 aromatic carbocycles. The van der Waals surface area contributed by atoms with Gasteiger partial charge in [0, 0.05) is 32.0 Å². The molecule has 10 heteroatoms. The average molecular weight is 421 g/mol. The molecule has 0 aliphatic carbocycles. The molecule has 0 atom stereocenters. The number of hydrogen-bond donors (Lipinski definition) is 1. The SMILES string of the molecule is Cc1ccc(NC(=O)COC(=O)c2cccn2C)cc1S(=O)(=O)N1CCOCC1. The Balaban J connectivity index is 1.67. The van der Waals surface area contributed by atoms with Gasteiger partial charge in [-0.3, -0.25) is 4.79 Å². The fraction of sp³-hybridized carbons (Fsp3) is 0.368. The molecule has 1 aromatic heterocycles. The molecule has 0 unspecified atom stereocenters. The van der Waals surface area contributed by atoms with Gasteiger partial charge in [-0.2, -0.15) is 4.31 Å². The molecular formula is C19H23N3O6S. The summed E-state index contributed by atoms with van der Waals surface area (Å²) in [6, 6.07) is 7.92. The van der Waals surface area contributed by atoms with E-state index >= 15 is 0 Å². The van der Waals surface area contributed by atoms with Gasteiger partial charge >= 0.3 is 5.97 Å². The monoisotopic (exact) mass is 421 g/mol. The van der Waals surface area contributed by atoms with E-state index in [1.165, 1.54) is 10.4 Å². The first-order chi connectivity index (χ1) is 13.8. The Labute approximate surface area is 169 Å². The van der Waals surface area contributed by atoms with Crippen molar-refractivity contribution < 1.29 is 27.5 Å². The second kappa shape index (κ2) is 8.76. The third-order valence-corrected chi connectivity index (χ3v) is 6.59. The Morgan fingerprint density at radius 1 is 1.21 bits per heavy atom. The second-order valence-electron chi connectivity index (χ2n) is 6.63.